The molecule has 0 atom stereocenters. The molecular weight excluding hydrogens is 265 g/mol. The van der Waals surface area contributed by atoms with Gasteiger partial charge in [-0.1, -0.05) is 24.3 Å². The molecule has 0 aliphatic heterocycles. The maximum atomic E-state index is 13.7. The van der Waals surface area contributed by atoms with Crippen molar-refractivity contribution >= 4 is 0 Å². The molecule has 0 bridgehead atoms. The second-order valence-electron chi connectivity index (χ2n) is 5.27. The Labute approximate surface area is 125 Å². The molecule has 0 heterocycles. The van der Waals surface area contributed by atoms with E-state index in [0.29, 0.717) is 5.56 Å². The lowest BCUT2D eigenvalue weighted by molar-refractivity contribution is 0.299. The van der Waals surface area contributed by atoms with Gasteiger partial charge in [-0.05, 0) is 62.1 Å². The van der Waals surface area contributed by atoms with E-state index in [0.717, 1.165) is 37.1 Å². The second kappa shape index (κ2) is 7.79. The lowest BCUT2D eigenvalue weighted by Crippen LogP contribution is -2.00. The van der Waals surface area contributed by atoms with Crippen LogP contribution in [0.15, 0.2) is 42.5 Å². The molecule has 21 heavy (non-hydrogen) atoms. The second-order valence-corrected chi connectivity index (χ2v) is 5.27. The number of halogens is 1. The molecule has 0 radical (unpaired) electrons. The quantitative estimate of drug-likeness (QED) is 0.781. The van der Waals surface area contributed by atoms with Crippen LogP contribution in [0.4, 0.5) is 4.39 Å². The van der Waals surface area contributed by atoms with Gasteiger partial charge in [0.25, 0.3) is 0 Å². The summed E-state index contributed by atoms with van der Waals surface area (Å²) in [6.45, 7) is 2.86. The van der Waals surface area contributed by atoms with Crippen molar-refractivity contribution in [3.63, 3.8) is 0 Å². The van der Waals surface area contributed by atoms with E-state index in [1.54, 1.807) is 6.07 Å². The average Bonchev–Trinajstić information content (AvgIpc) is 2.48. The largest absolute Gasteiger partial charge is 0.489 e. The topological polar surface area (TPSA) is 35.2 Å². The minimum atomic E-state index is -0.214. The summed E-state index contributed by atoms with van der Waals surface area (Å²) >= 11 is 0. The Bertz CT molecular complexity index is 566. The van der Waals surface area contributed by atoms with Crippen molar-refractivity contribution in [2.24, 2.45) is 5.73 Å². The number of unbranched alkanes of at least 4 members (excludes halogenated alkanes) is 1. The molecule has 2 nitrogen and oxygen atoms in total. The maximum Gasteiger partial charge on any atom is 0.130 e. The molecule has 0 fully saturated rings. The maximum absolute atomic E-state index is 13.7. The fraction of sp³-hybridized carbons (Fsp3) is 0.333. The summed E-state index contributed by atoms with van der Waals surface area (Å²) in [5.74, 6) is 0.547. The van der Waals surface area contributed by atoms with Crippen molar-refractivity contribution in [3.8, 4) is 5.75 Å². The van der Waals surface area contributed by atoms with Crippen molar-refractivity contribution in [2.45, 2.75) is 32.8 Å². The zero-order chi connectivity index (χ0) is 15.1. The van der Waals surface area contributed by atoms with E-state index in [1.807, 2.05) is 25.1 Å². The first-order valence-corrected chi connectivity index (χ1v) is 7.36. The van der Waals surface area contributed by atoms with Crippen LogP contribution < -0.4 is 10.5 Å². The highest BCUT2D eigenvalue weighted by Gasteiger charge is 2.03. The predicted octanol–water partition coefficient (Wildman–Crippen LogP) is 3.99. The van der Waals surface area contributed by atoms with Gasteiger partial charge in [0.05, 0.1) is 0 Å². The molecule has 0 aliphatic carbocycles. The molecule has 0 saturated carbocycles. The Morgan fingerprint density at radius 3 is 2.48 bits per heavy atom. The van der Waals surface area contributed by atoms with E-state index in [-0.39, 0.29) is 12.4 Å². The van der Waals surface area contributed by atoms with Crippen LogP contribution in [0.2, 0.25) is 0 Å². The number of benzene rings is 2. The van der Waals surface area contributed by atoms with Crippen molar-refractivity contribution < 1.29 is 9.13 Å². The molecule has 0 unspecified atom stereocenters. The van der Waals surface area contributed by atoms with Crippen LogP contribution in [0.3, 0.4) is 0 Å². The van der Waals surface area contributed by atoms with Gasteiger partial charge in [0.2, 0.25) is 0 Å². The lowest BCUT2D eigenvalue weighted by atomic mass is 10.1. The summed E-state index contributed by atoms with van der Waals surface area (Å²) in [5.41, 5.74) is 8.25. The van der Waals surface area contributed by atoms with Gasteiger partial charge in [-0.3, -0.25) is 0 Å². The van der Waals surface area contributed by atoms with Crippen molar-refractivity contribution in [3.05, 3.63) is 65.0 Å². The van der Waals surface area contributed by atoms with Gasteiger partial charge < -0.3 is 10.5 Å². The highest BCUT2D eigenvalue weighted by atomic mass is 19.1. The van der Waals surface area contributed by atoms with Gasteiger partial charge in [-0.2, -0.15) is 0 Å². The summed E-state index contributed by atoms with van der Waals surface area (Å²) in [7, 11) is 0. The zero-order valence-electron chi connectivity index (χ0n) is 12.4. The number of rotatable bonds is 7. The number of nitrogens with two attached hydrogens (primary N) is 1. The number of ether oxygens (including phenoxy) is 1. The number of aryl methyl sites for hydroxylation is 2. The highest BCUT2D eigenvalue weighted by Crippen LogP contribution is 2.17. The first-order valence-electron chi connectivity index (χ1n) is 7.36. The Hall–Kier alpha value is -1.87. The minimum absolute atomic E-state index is 0.214. The molecule has 2 aromatic carbocycles. The van der Waals surface area contributed by atoms with E-state index in [1.165, 1.54) is 11.6 Å². The highest BCUT2D eigenvalue weighted by molar-refractivity contribution is 5.28. The van der Waals surface area contributed by atoms with Gasteiger partial charge in [0.1, 0.15) is 18.2 Å². The molecular formula is C18H22FNO. The van der Waals surface area contributed by atoms with E-state index < -0.39 is 0 Å². The Morgan fingerprint density at radius 2 is 1.81 bits per heavy atom. The SMILES string of the molecule is Cc1ccc(COc2ccc(CCCCN)cc2)c(F)c1. The molecule has 3 heteroatoms. The van der Waals surface area contributed by atoms with E-state index in [2.05, 4.69) is 12.1 Å². The molecule has 0 saturated heterocycles. The summed E-state index contributed by atoms with van der Waals surface area (Å²) in [6.07, 6.45) is 3.18. The van der Waals surface area contributed by atoms with E-state index in [9.17, 15) is 4.39 Å². The zero-order valence-corrected chi connectivity index (χ0v) is 12.4. The molecule has 2 aromatic rings. The van der Waals surface area contributed by atoms with Crippen LogP contribution >= 0.6 is 0 Å². The Balaban J connectivity index is 1.88. The monoisotopic (exact) mass is 287 g/mol. The third-order valence-electron chi connectivity index (χ3n) is 3.45. The minimum Gasteiger partial charge on any atom is -0.489 e. The fourth-order valence-electron chi connectivity index (χ4n) is 2.16. The molecule has 0 aliphatic rings. The van der Waals surface area contributed by atoms with E-state index >= 15 is 0 Å². The van der Waals surface area contributed by atoms with E-state index in [4.69, 9.17) is 10.5 Å². The summed E-state index contributed by atoms with van der Waals surface area (Å²) in [4.78, 5) is 0. The first-order chi connectivity index (χ1) is 10.2. The lowest BCUT2D eigenvalue weighted by Gasteiger charge is -2.08. The fourth-order valence-corrected chi connectivity index (χ4v) is 2.16. The van der Waals surface area contributed by atoms with Gasteiger partial charge in [0, 0.05) is 5.56 Å². The molecule has 112 valence electrons. The van der Waals surface area contributed by atoms with Crippen molar-refractivity contribution in [1.82, 2.24) is 0 Å². The molecule has 0 amide bonds. The van der Waals surface area contributed by atoms with Crippen LogP contribution in [0.1, 0.15) is 29.5 Å². The smallest absolute Gasteiger partial charge is 0.130 e. The summed E-state index contributed by atoms with van der Waals surface area (Å²) in [6, 6.07) is 13.2. The summed E-state index contributed by atoms with van der Waals surface area (Å²) in [5, 5.41) is 0. The number of hydrogen-bond donors (Lipinski definition) is 1. The van der Waals surface area contributed by atoms with Gasteiger partial charge in [-0.15, -0.1) is 0 Å². The number of hydrogen-bond acceptors (Lipinski definition) is 2. The van der Waals surface area contributed by atoms with Gasteiger partial charge >= 0.3 is 0 Å². The van der Waals surface area contributed by atoms with Crippen LogP contribution in [0, 0.1) is 12.7 Å². The Morgan fingerprint density at radius 1 is 1.05 bits per heavy atom. The van der Waals surface area contributed by atoms with Crippen LogP contribution in [0.5, 0.6) is 5.75 Å². The van der Waals surface area contributed by atoms with Crippen molar-refractivity contribution in [1.29, 1.82) is 0 Å². The molecule has 0 spiro atoms. The Kier molecular flexibility index (Phi) is 5.76. The molecule has 2 rings (SSSR count). The third-order valence-corrected chi connectivity index (χ3v) is 3.45. The average molecular weight is 287 g/mol. The van der Waals surface area contributed by atoms with Crippen molar-refractivity contribution in [2.75, 3.05) is 6.54 Å². The predicted molar refractivity (Wildman–Crippen MR) is 83.9 cm³/mol. The van der Waals surface area contributed by atoms with Crippen LogP contribution in [-0.2, 0) is 13.0 Å². The molecule has 0 aromatic heterocycles. The van der Waals surface area contributed by atoms with Crippen LogP contribution in [-0.4, -0.2) is 6.54 Å². The van der Waals surface area contributed by atoms with Gasteiger partial charge in [0.15, 0.2) is 0 Å². The van der Waals surface area contributed by atoms with Gasteiger partial charge in [-0.25, -0.2) is 4.39 Å². The standard InChI is InChI=1S/C18H22FNO/c1-14-5-8-16(18(19)12-14)13-21-17-9-6-15(7-10-17)4-2-3-11-20/h5-10,12H,2-4,11,13,20H2,1H3. The third kappa shape index (κ3) is 4.87. The summed E-state index contributed by atoms with van der Waals surface area (Å²) < 4.78 is 19.3. The molecule has 2 N–H and O–H groups in total. The normalized spacial score (nSPS) is 10.6. The first kappa shape index (κ1) is 15.5. The van der Waals surface area contributed by atoms with Crippen LogP contribution in [0.25, 0.3) is 0 Å².